The molecule has 0 amide bonds. The van der Waals surface area contributed by atoms with Gasteiger partial charge in [-0.2, -0.15) is 0 Å². The molecule has 0 aliphatic carbocycles. The van der Waals surface area contributed by atoms with Gasteiger partial charge in [0.05, 0.1) is 6.04 Å². The molecule has 1 atom stereocenters. The maximum Gasteiger partial charge on any atom is 0.141 e. The van der Waals surface area contributed by atoms with Gasteiger partial charge in [-0.25, -0.2) is 0 Å². The lowest BCUT2D eigenvalue weighted by Gasteiger charge is -2.10. The SMILES string of the molecule is C=CCNC(C=O)c1ccccc1. The molecule has 0 radical (unpaired) electrons. The Morgan fingerprint density at radius 1 is 1.38 bits per heavy atom. The molecule has 1 unspecified atom stereocenters. The van der Waals surface area contributed by atoms with Crippen molar-refractivity contribution in [2.24, 2.45) is 0 Å². The minimum absolute atomic E-state index is 0.223. The number of carbonyl (C=O) groups is 1. The van der Waals surface area contributed by atoms with Gasteiger partial charge < -0.3 is 10.1 Å². The van der Waals surface area contributed by atoms with Crippen molar-refractivity contribution in [1.29, 1.82) is 0 Å². The van der Waals surface area contributed by atoms with Gasteiger partial charge >= 0.3 is 0 Å². The lowest BCUT2D eigenvalue weighted by atomic mass is 10.1. The monoisotopic (exact) mass is 175 g/mol. The third kappa shape index (κ3) is 2.84. The van der Waals surface area contributed by atoms with E-state index in [1.807, 2.05) is 30.3 Å². The fraction of sp³-hybridized carbons (Fsp3) is 0.182. The summed E-state index contributed by atoms with van der Waals surface area (Å²) in [6.07, 6.45) is 2.64. The Bertz CT molecular complexity index is 269. The molecule has 0 saturated heterocycles. The van der Waals surface area contributed by atoms with E-state index >= 15 is 0 Å². The first-order chi connectivity index (χ1) is 6.38. The third-order valence-electron chi connectivity index (χ3n) is 1.78. The van der Waals surface area contributed by atoms with Crippen molar-refractivity contribution >= 4 is 6.29 Å². The van der Waals surface area contributed by atoms with Gasteiger partial charge in [-0.3, -0.25) is 0 Å². The van der Waals surface area contributed by atoms with Crippen LogP contribution in [0.25, 0.3) is 0 Å². The summed E-state index contributed by atoms with van der Waals surface area (Å²) in [5.41, 5.74) is 0.986. The Labute approximate surface area is 78.3 Å². The number of nitrogens with one attached hydrogen (secondary N) is 1. The van der Waals surface area contributed by atoms with Gasteiger partial charge in [-0.15, -0.1) is 6.58 Å². The minimum atomic E-state index is -0.223. The normalized spacial score (nSPS) is 12.0. The molecule has 1 aromatic rings. The van der Waals surface area contributed by atoms with Crippen molar-refractivity contribution in [3.63, 3.8) is 0 Å². The number of benzene rings is 1. The van der Waals surface area contributed by atoms with Gasteiger partial charge in [0.15, 0.2) is 0 Å². The quantitative estimate of drug-likeness (QED) is 0.545. The lowest BCUT2D eigenvalue weighted by molar-refractivity contribution is -0.109. The van der Waals surface area contributed by atoms with E-state index < -0.39 is 0 Å². The standard InChI is InChI=1S/C11H13NO/c1-2-8-12-11(9-13)10-6-4-3-5-7-10/h2-7,9,11-12H,1,8H2. The molecule has 1 N–H and O–H groups in total. The van der Waals surface area contributed by atoms with Crippen LogP contribution in [-0.2, 0) is 4.79 Å². The molecule has 0 aliphatic rings. The fourth-order valence-electron chi connectivity index (χ4n) is 1.12. The van der Waals surface area contributed by atoms with E-state index in [9.17, 15) is 4.79 Å². The number of hydrogen-bond acceptors (Lipinski definition) is 2. The van der Waals surface area contributed by atoms with Crippen LogP contribution >= 0.6 is 0 Å². The number of rotatable bonds is 5. The lowest BCUT2D eigenvalue weighted by Crippen LogP contribution is -2.22. The van der Waals surface area contributed by atoms with Crippen molar-refractivity contribution in [3.8, 4) is 0 Å². The van der Waals surface area contributed by atoms with Gasteiger partial charge in [-0.05, 0) is 5.56 Å². The number of carbonyl (C=O) groups excluding carboxylic acids is 1. The molecule has 0 bridgehead atoms. The molecular weight excluding hydrogens is 162 g/mol. The van der Waals surface area contributed by atoms with E-state index in [0.717, 1.165) is 11.8 Å². The van der Waals surface area contributed by atoms with Crippen LogP contribution < -0.4 is 5.32 Å². The third-order valence-corrected chi connectivity index (χ3v) is 1.78. The Morgan fingerprint density at radius 3 is 2.62 bits per heavy atom. The Morgan fingerprint density at radius 2 is 2.08 bits per heavy atom. The predicted octanol–water partition coefficient (Wildman–Crippen LogP) is 1.70. The molecule has 1 rings (SSSR count). The predicted molar refractivity (Wildman–Crippen MR) is 53.4 cm³/mol. The van der Waals surface area contributed by atoms with Gasteiger partial charge in [0.25, 0.3) is 0 Å². The maximum absolute atomic E-state index is 10.7. The van der Waals surface area contributed by atoms with Crippen LogP contribution in [0.1, 0.15) is 11.6 Å². The fourth-order valence-corrected chi connectivity index (χ4v) is 1.12. The molecule has 0 heterocycles. The first-order valence-electron chi connectivity index (χ1n) is 4.23. The molecule has 0 aliphatic heterocycles. The summed E-state index contributed by atoms with van der Waals surface area (Å²) in [5, 5.41) is 3.05. The zero-order valence-corrected chi connectivity index (χ0v) is 7.44. The van der Waals surface area contributed by atoms with Crippen molar-refractivity contribution in [3.05, 3.63) is 48.6 Å². The second-order valence-electron chi connectivity index (χ2n) is 2.72. The van der Waals surface area contributed by atoms with Crippen LogP contribution in [0.5, 0.6) is 0 Å². The molecule has 2 heteroatoms. The summed E-state index contributed by atoms with van der Waals surface area (Å²) in [6, 6.07) is 9.39. The zero-order chi connectivity index (χ0) is 9.52. The molecule has 0 aromatic heterocycles. The minimum Gasteiger partial charge on any atom is -0.301 e. The summed E-state index contributed by atoms with van der Waals surface area (Å²) in [6.45, 7) is 4.22. The van der Waals surface area contributed by atoms with Gasteiger partial charge in [0.2, 0.25) is 0 Å². The molecule has 0 fully saturated rings. The van der Waals surface area contributed by atoms with E-state index in [4.69, 9.17) is 0 Å². The van der Waals surface area contributed by atoms with Gasteiger partial charge in [0, 0.05) is 6.54 Å². The molecule has 1 aromatic carbocycles. The molecule has 0 spiro atoms. The zero-order valence-electron chi connectivity index (χ0n) is 7.44. The average molecular weight is 175 g/mol. The smallest absolute Gasteiger partial charge is 0.141 e. The highest BCUT2D eigenvalue weighted by Gasteiger charge is 2.06. The first-order valence-corrected chi connectivity index (χ1v) is 4.23. The van der Waals surface area contributed by atoms with Crippen LogP contribution in [0, 0.1) is 0 Å². The Kier molecular flexibility index (Phi) is 3.93. The topological polar surface area (TPSA) is 29.1 Å². The highest BCUT2D eigenvalue weighted by atomic mass is 16.1. The van der Waals surface area contributed by atoms with E-state index in [-0.39, 0.29) is 6.04 Å². The van der Waals surface area contributed by atoms with Gasteiger partial charge in [-0.1, -0.05) is 36.4 Å². The van der Waals surface area contributed by atoms with E-state index in [1.165, 1.54) is 0 Å². The summed E-state index contributed by atoms with van der Waals surface area (Å²) < 4.78 is 0. The van der Waals surface area contributed by atoms with Crippen molar-refractivity contribution in [2.75, 3.05) is 6.54 Å². The highest BCUT2D eigenvalue weighted by molar-refractivity contribution is 5.61. The van der Waals surface area contributed by atoms with Crippen LogP contribution in [0.2, 0.25) is 0 Å². The van der Waals surface area contributed by atoms with Crippen LogP contribution in [0.4, 0.5) is 0 Å². The van der Waals surface area contributed by atoms with E-state index in [2.05, 4.69) is 11.9 Å². The van der Waals surface area contributed by atoms with E-state index in [0.29, 0.717) is 6.54 Å². The van der Waals surface area contributed by atoms with Gasteiger partial charge in [0.1, 0.15) is 6.29 Å². The second-order valence-corrected chi connectivity index (χ2v) is 2.72. The highest BCUT2D eigenvalue weighted by Crippen LogP contribution is 2.08. The molecule has 68 valence electrons. The number of hydrogen-bond donors (Lipinski definition) is 1. The molecular formula is C11H13NO. The van der Waals surface area contributed by atoms with Crippen LogP contribution in [0.3, 0.4) is 0 Å². The molecule has 13 heavy (non-hydrogen) atoms. The Balaban J connectivity index is 2.66. The van der Waals surface area contributed by atoms with Crippen molar-refractivity contribution in [1.82, 2.24) is 5.32 Å². The summed E-state index contributed by atoms with van der Waals surface area (Å²) in [5.74, 6) is 0. The molecule has 0 saturated carbocycles. The summed E-state index contributed by atoms with van der Waals surface area (Å²) in [4.78, 5) is 10.7. The van der Waals surface area contributed by atoms with Crippen molar-refractivity contribution in [2.45, 2.75) is 6.04 Å². The summed E-state index contributed by atoms with van der Waals surface area (Å²) >= 11 is 0. The largest absolute Gasteiger partial charge is 0.301 e. The molecule has 2 nitrogen and oxygen atoms in total. The van der Waals surface area contributed by atoms with Crippen LogP contribution in [-0.4, -0.2) is 12.8 Å². The van der Waals surface area contributed by atoms with Crippen LogP contribution in [0.15, 0.2) is 43.0 Å². The number of aldehydes is 1. The maximum atomic E-state index is 10.7. The Hall–Kier alpha value is -1.41. The first kappa shape index (κ1) is 9.68. The second kappa shape index (κ2) is 5.27. The van der Waals surface area contributed by atoms with Crippen molar-refractivity contribution < 1.29 is 4.79 Å². The van der Waals surface area contributed by atoms with E-state index in [1.54, 1.807) is 6.08 Å². The summed E-state index contributed by atoms with van der Waals surface area (Å²) in [7, 11) is 0. The average Bonchev–Trinajstić information content (AvgIpc) is 2.21.